The summed E-state index contributed by atoms with van der Waals surface area (Å²) < 4.78 is 28.5. The molecule has 1 aliphatic rings. The van der Waals surface area contributed by atoms with Crippen LogP contribution in [0.15, 0.2) is 34.7 Å². The van der Waals surface area contributed by atoms with E-state index < -0.39 is 9.84 Å². The van der Waals surface area contributed by atoms with Crippen molar-refractivity contribution < 1.29 is 17.6 Å². The SMILES string of the molecule is Cc1oc(-c2ccccc2)nc1CC(=O)N[C@H]1CCS(=O)(=O)C1. The third kappa shape index (κ3) is 3.79. The van der Waals surface area contributed by atoms with Gasteiger partial charge in [-0.15, -0.1) is 0 Å². The van der Waals surface area contributed by atoms with Crippen molar-refractivity contribution in [2.24, 2.45) is 0 Å². The van der Waals surface area contributed by atoms with Gasteiger partial charge in [0.15, 0.2) is 9.84 Å². The molecular weight excluding hydrogens is 316 g/mol. The third-order valence-corrected chi connectivity index (χ3v) is 5.61. The van der Waals surface area contributed by atoms with Crippen molar-refractivity contribution in [3.8, 4) is 11.5 Å². The monoisotopic (exact) mass is 334 g/mol. The smallest absolute Gasteiger partial charge is 0.226 e. The number of amides is 1. The number of carbonyl (C=O) groups excluding carboxylic acids is 1. The summed E-state index contributed by atoms with van der Waals surface area (Å²) in [6.07, 6.45) is 0.555. The highest BCUT2D eigenvalue weighted by Gasteiger charge is 2.29. The highest BCUT2D eigenvalue weighted by Crippen LogP contribution is 2.21. The minimum atomic E-state index is -3.00. The van der Waals surface area contributed by atoms with Gasteiger partial charge in [-0.05, 0) is 25.5 Å². The molecule has 0 bridgehead atoms. The lowest BCUT2D eigenvalue weighted by molar-refractivity contribution is -0.121. The minimum Gasteiger partial charge on any atom is -0.441 e. The molecule has 0 saturated carbocycles. The average molecular weight is 334 g/mol. The summed E-state index contributed by atoms with van der Waals surface area (Å²) in [7, 11) is -3.00. The number of oxazole rings is 1. The molecule has 1 aliphatic heterocycles. The fourth-order valence-electron chi connectivity index (χ4n) is 2.64. The molecule has 1 atom stereocenters. The summed E-state index contributed by atoms with van der Waals surface area (Å²) in [5.74, 6) is 1.00. The second-order valence-electron chi connectivity index (χ2n) is 5.73. The quantitative estimate of drug-likeness (QED) is 0.915. The second-order valence-corrected chi connectivity index (χ2v) is 7.96. The van der Waals surface area contributed by atoms with E-state index >= 15 is 0 Å². The van der Waals surface area contributed by atoms with Gasteiger partial charge in [0.2, 0.25) is 11.8 Å². The molecule has 1 amide bonds. The van der Waals surface area contributed by atoms with Crippen LogP contribution in [0.1, 0.15) is 17.9 Å². The number of hydrogen-bond donors (Lipinski definition) is 1. The molecule has 6 nitrogen and oxygen atoms in total. The number of rotatable bonds is 4. The van der Waals surface area contributed by atoms with E-state index in [9.17, 15) is 13.2 Å². The van der Waals surface area contributed by atoms with E-state index in [0.717, 1.165) is 5.56 Å². The molecule has 7 heteroatoms. The zero-order valence-electron chi connectivity index (χ0n) is 12.8. The van der Waals surface area contributed by atoms with Gasteiger partial charge >= 0.3 is 0 Å². The first-order valence-electron chi connectivity index (χ1n) is 7.44. The van der Waals surface area contributed by atoms with Gasteiger partial charge in [0.25, 0.3) is 0 Å². The lowest BCUT2D eigenvalue weighted by Crippen LogP contribution is -2.36. The van der Waals surface area contributed by atoms with Crippen LogP contribution in [0.25, 0.3) is 11.5 Å². The molecule has 1 aromatic heterocycles. The molecule has 1 aromatic carbocycles. The highest BCUT2D eigenvalue weighted by atomic mass is 32.2. The van der Waals surface area contributed by atoms with Crippen LogP contribution in [0, 0.1) is 6.92 Å². The van der Waals surface area contributed by atoms with Crippen molar-refractivity contribution in [1.29, 1.82) is 0 Å². The van der Waals surface area contributed by atoms with Gasteiger partial charge in [-0.25, -0.2) is 13.4 Å². The number of aromatic nitrogens is 1. The van der Waals surface area contributed by atoms with E-state index in [1.54, 1.807) is 6.92 Å². The molecule has 1 saturated heterocycles. The Hall–Kier alpha value is -2.15. The van der Waals surface area contributed by atoms with Gasteiger partial charge in [-0.2, -0.15) is 0 Å². The van der Waals surface area contributed by atoms with Gasteiger partial charge in [-0.1, -0.05) is 18.2 Å². The molecule has 3 rings (SSSR count). The van der Waals surface area contributed by atoms with Gasteiger partial charge in [0.1, 0.15) is 5.76 Å². The fourth-order valence-corrected chi connectivity index (χ4v) is 4.31. The number of benzene rings is 1. The number of nitrogens with one attached hydrogen (secondary N) is 1. The van der Waals surface area contributed by atoms with Crippen molar-refractivity contribution in [1.82, 2.24) is 10.3 Å². The maximum Gasteiger partial charge on any atom is 0.226 e. The Bertz CT molecular complexity index is 812. The van der Waals surface area contributed by atoms with Crippen LogP contribution in [0.3, 0.4) is 0 Å². The van der Waals surface area contributed by atoms with E-state index in [4.69, 9.17) is 4.42 Å². The van der Waals surface area contributed by atoms with E-state index in [0.29, 0.717) is 23.8 Å². The molecule has 0 aliphatic carbocycles. The summed E-state index contributed by atoms with van der Waals surface area (Å²) in [4.78, 5) is 16.5. The minimum absolute atomic E-state index is 0.0196. The first kappa shape index (κ1) is 15.7. The molecule has 0 spiro atoms. The van der Waals surface area contributed by atoms with Crippen molar-refractivity contribution in [2.75, 3.05) is 11.5 Å². The summed E-state index contributed by atoms with van der Waals surface area (Å²) in [5.41, 5.74) is 1.42. The lowest BCUT2D eigenvalue weighted by atomic mass is 10.2. The maximum atomic E-state index is 12.1. The molecule has 2 heterocycles. The molecule has 0 radical (unpaired) electrons. The number of carbonyl (C=O) groups is 1. The normalized spacial score (nSPS) is 19.6. The molecule has 1 fully saturated rings. The zero-order valence-corrected chi connectivity index (χ0v) is 13.6. The largest absolute Gasteiger partial charge is 0.441 e. The first-order valence-corrected chi connectivity index (χ1v) is 9.26. The van der Waals surface area contributed by atoms with Crippen molar-refractivity contribution in [2.45, 2.75) is 25.8 Å². The third-order valence-electron chi connectivity index (χ3n) is 3.84. The number of aryl methyl sites for hydroxylation is 1. The topological polar surface area (TPSA) is 89.3 Å². The fraction of sp³-hybridized carbons (Fsp3) is 0.375. The Morgan fingerprint density at radius 1 is 1.35 bits per heavy atom. The highest BCUT2D eigenvalue weighted by molar-refractivity contribution is 7.91. The van der Waals surface area contributed by atoms with Crippen LogP contribution in [0.4, 0.5) is 0 Å². The van der Waals surface area contributed by atoms with Crippen molar-refractivity contribution >= 4 is 15.7 Å². The Labute approximate surface area is 134 Å². The molecule has 122 valence electrons. The molecule has 23 heavy (non-hydrogen) atoms. The number of hydrogen-bond acceptors (Lipinski definition) is 5. The molecular formula is C16H18N2O4S. The second kappa shape index (κ2) is 6.16. The van der Waals surface area contributed by atoms with Crippen LogP contribution < -0.4 is 5.32 Å². The molecule has 2 aromatic rings. The van der Waals surface area contributed by atoms with Crippen molar-refractivity contribution in [3.05, 3.63) is 41.8 Å². The van der Waals surface area contributed by atoms with Crippen LogP contribution in [0.2, 0.25) is 0 Å². The van der Waals surface area contributed by atoms with Gasteiger partial charge in [0.05, 0.1) is 23.6 Å². The first-order chi connectivity index (χ1) is 10.9. The van der Waals surface area contributed by atoms with Gasteiger partial charge < -0.3 is 9.73 Å². The summed E-state index contributed by atoms with van der Waals surface area (Å²) in [6, 6.07) is 9.16. The van der Waals surface area contributed by atoms with E-state index in [1.165, 1.54) is 0 Å². The maximum absolute atomic E-state index is 12.1. The van der Waals surface area contributed by atoms with Crippen LogP contribution in [-0.2, 0) is 21.1 Å². The predicted molar refractivity (Wildman–Crippen MR) is 85.6 cm³/mol. The summed E-state index contributed by atoms with van der Waals surface area (Å²) >= 11 is 0. The Morgan fingerprint density at radius 3 is 2.74 bits per heavy atom. The molecule has 1 N–H and O–H groups in total. The standard InChI is InChI=1S/C16H18N2O4S/c1-11-14(18-16(22-11)12-5-3-2-4-6-12)9-15(19)17-13-7-8-23(20,21)10-13/h2-6,13H,7-10H2,1H3,(H,17,19)/t13-/m0/s1. The number of nitrogens with zero attached hydrogens (tertiary/aromatic N) is 1. The van der Waals surface area contributed by atoms with E-state index in [2.05, 4.69) is 10.3 Å². The summed E-state index contributed by atoms with van der Waals surface area (Å²) in [5, 5.41) is 2.76. The van der Waals surface area contributed by atoms with Crippen molar-refractivity contribution in [3.63, 3.8) is 0 Å². The van der Waals surface area contributed by atoms with E-state index in [-0.39, 0.29) is 29.9 Å². The Balaban J connectivity index is 1.66. The Morgan fingerprint density at radius 2 is 2.09 bits per heavy atom. The van der Waals surface area contributed by atoms with Gasteiger partial charge in [0, 0.05) is 11.6 Å². The molecule has 0 unspecified atom stereocenters. The Kier molecular flexibility index (Phi) is 4.21. The zero-order chi connectivity index (χ0) is 16.4. The van der Waals surface area contributed by atoms with Crippen LogP contribution in [-0.4, -0.2) is 36.9 Å². The van der Waals surface area contributed by atoms with Crippen LogP contribution >= 0.6 is 0 Å². The van der Waals surface area contributed by atoms with Gasteiger partial charge in [-0.3, -0.25) is 4.79 Å². The number of sulfone groups is 1. The summed E-state index contributed by atoms with van der Waals surface area (Å²) in [6.45, 7) is 1.77. The predicted octanol–water partition coefficient (Wildman–Crippen LogP) is 1.50. The van der Waals surface area contributed by atoms with Crippen LogP contribution in [0.5, 0.6) is 0 Å². The lowest BCUT2D eigenvalue weighted by Gasteiger charge is -2.09. The van der Waals surface area contributed by atoms with E-state index in [1.807, 2.05) is 30.3 Å². The average Bonchev–Trinajstić information content (AvgIpc) is 3.03.